The summed E-state index contributed by atoms with van der Waals surface area (Å²) >= 11 is 0. The molecule has 2 nitrogen and oxygen atoms in total. The summed E-state index contributed by atoms with van der Waals surface area (Å²) in [6, 6.07) is 27.3. The number of likely N-dealkylation sites (N-methyl/N-ethyl adjacent to an activating group) is 2. The molecule has 5 rings (SSSR count). The average Bonchev–Trinajstić information content (AvgIpc) is 3.10. The Bertz CT molecular complexity index is 1190. The Balaban J connectivity index is 0.00000144. The molecule has 0 N–H and O–H groups in total. The summed E-state index contributed by atoms with van der Waals surface area (Å²) in [7, 11) is 4.55. The van der Waals surface area contributed by atoms with Crippen molar-refractivity contribution >= 4 is 22.1 Å². The molecular weight excluding hydrogens is 519 g/mol. The molecule has 0 heterocycles. The maximum absolute atomic E-state index is 2.52. The van der Waals surface area contributed by atoms with Crippen LogP contribution in [0.4, 0.5) is 11.4 Å². The number of benzene rings is 4. The molecule has 0 aromatic heterocycles. The smallest absolute Gasteiger partial charge is 0.0791 e. The number of nitrogens with zero attached hydrogens (tertiary/aromatic N) is 2. The van der Waals surface area contributed by atoms with E-state index < -0.39 is 0 Å². The molecule has 0 saturated carbocycles. The number of anilines is 2. The Hall–Kier alpha value is -2.60. The van der Waals surface area contributed by atoms with Gasteiger partial charge in [0.2, 0.25) is 0 Å². The van der Waals surface area contributed by atoms with Gasteiger partial charge in [0.05, 0.1) is 12.1 Å². The van der Waals surface area contributed by atoms with Crippen molar-refractivity contribution in [2.45, 2.75) is 39.8 Å². The fraction of sp³-hybridized carbons (Fsp3) is 0.250. The molecule has 0 bridgehead atoms. The molecule has 1 aliphatic carbocycles. The predicted molar refractivity (Wildman–Crippen MR) is 151 cm³/mol. The zero-order chi connectivity index (χ0) is 22.6. The van der Waals surface area contributed by atoms with Crippen LogP contribution < -0.4 is 9.80 Å². The molecule has 35 heavy (non-hydrogen) atoms. The van der Waals surface area contributed by atoms with Gasteiger partial charge in [-0.15, -0.1) is 0 Å². The van der Waals surface area contributed by atoms with Gasteiger partial charge in [0.15, 0.2) is 0 Å². The molecule has 2 unspecified atom stereocenters. The van der Waals surface area contributed by atoms with E-state index in [9.17, 15) is 0 Å². The van der Waals surface area contributed by atoms with Crippen LogP contribution in [0.1, 0.15) is 45.5 Å². The number of para-hydroxylation sites is 2. The molecule has 1 aliphatic rings. The molecule has 0 aliphatic heterocycles. The van der Waals surface area contributed by atoms with Crippen molar-refractivity contribution in [3.05, 3.63) is 121 Å². The van der Waals surface area contributed by atoms with Crippen molar-refractivity contribution in [2.75, 3.05) is 23.9 Å². The van der Waals surface area contributed by atoms with Gasteiger partial charge in [-0.25, -0.2) is 0 Å². The molecule has 4 aromatic carbocycles. The minimum atomic E-state index is 0. The second kappa shape index (κ2) is 11.0. The zero-order valence-corrected chi connectivity index (χ0v) is 23.8. The first-order chi connectivity index (χ1) is 15.4. The van der Waals surface area contributed by atoms with Crippen molar-refractivity contribution in [1.29, 1.82) is 0 Å². The van der Waals surface area contributed by atoms with E-state index in [0.29, 0.717) is 0 Å². The molecule has 0 amide bonds. The SMILES string of the molecule is Cc1cccc(C)c1N(C)C1c2cccc3cccc(c23)C1N(C)c1c(C)cccc1C.[CH3-].[CH3-].[Pd]. The van der Waals surface area contributed by atoms with Gasteiger partial charge in [0, 0.05) is 45.9 Å². The van der Waals surface area contributed by atoms with Gasteiger partial charge in [0.1, 0.15) is 0 Å². The molecule has 0 spiro atoms. The van der Waals surface area contributed by atoms with Crippen molar-refractivity contribution < 1.29 is 20.4 Å². The molecule has 4 aromatic rings. The topological polar surface area (TPSA) is 6.48 Å². The summed E-state index contributed by atoms with van der Waals surface area (Å²) in [4.78, 5) is 5.04. The van der Waals surface area contributed by atoms with Crippen molar-refractivity contribution in [2.24, 2.45) is 0 Å². The normalized spacial score (nSPS) is 15.6. The zero-order valence-electron chi connectivity index (χ0n) is 22.3. The van der Waals surface area contributed by atoms with Gasteiger partial charge in [-0.2, -0.15) is 0 Å². The van der Waals surface area contributed by atoms with Crippen LogP contribution in [0, 0.1) is 42.5 Å². The Morgan fingerprint density at radius 3 is 1.17 bits per heavy atom. The molecule has 0 radical (unpaired) electrons. The van der Waals surface area contributed by atoms with Gasteiger partial charge in [0.25, 0.3) is 0 Å². The van der Waals surface area contributed by atoms with Gasteiger partial charge in [-0.3, -0.25) is 0 Å². The number of hydrogen-bond donors (Lipinski definition) is 0. The summed E-state index contributed by atoms with van der Waals surface area (Å²) in [5, 5.41) is 2.75. The Morgan fingerprint density at radius 2 is 0.829 bits per heavy atom. The summed E-state index contributed by atoms with van der Waals surface area (Å²) in [6.07, 6.45) is 0. The quantitative estimate of drug-likeness (QED) is 0.184. The van der Waals surface area contributed by atoms with Gasteiger partial charge in [-0.05, 0) is 71.8 Å². The van der Waals surface area contributed by atoms with Gasteiger partial charge in [-0.1, -0.05) is 72.8 Å². The van der Waals surface area contributed by atoms with Crippen molar-refractivity contribution in [1.82, 2.24) is 0 Å². The van der Waals surface area contributed by atoms with E-state index in [-0.39, 0.29) is 47.4 Å². The third-order valence-corrected chi connectivity index (χ3v) is 7.32. The molecule has 0 fully saturated rings. The third-order valence-electron chi connectivity index (χ3n) is 7.32. The molecule has 3 heteroatoms. The number of aryl methyl sites for hydroxylation is 4. The fourth-order valence-corrected chi connectivity index (χ4v) is 6.08. The Labute approximate surface area is 226 Å². The Kier molecular flexibility index (Phi) is 8.99. The van der Waals surface area contributed by atoms with Crippen LogP contribution in [0.3, 0.4) is 0 Å². The predicted octanol–water partition coefficient (Wildman–Crippen LogP) is 8.34. The van der Waals surface area contributed by atoms with E-state index in [2.05, 4.69) is 124 Å². The van der Waals surface area contributed by atoms with Crippen molar-refractivity contribution in [3.8, 4) is 0 Å². The molecule has 2 atom stereocenters. The van der Waals surface area contributed by atoms with E-state index in [1.807, 2.05) is 0 Å². The van der Waals surface area contributed by atoms with Crippen LogP contribution in [0.15, 0.2) is 72.8 Å². The van der Waals surface area contributed by atoms with Crippen LogP contribution >= 0.6 is 0 Å². The minimum Gasteiger partial charge on any atom is -0.365 e. The standard InChI is InChI=1S/C30H32N2.2CH3.Pd/c1-19-11-7-12-20(2)27(19)31(5)29-24-17-9-15-23-16-10-18-25(26(23)24)30(29)32(6)28-21(3)13-8-14-22(28)4;;;/h7-18,29-30H,1-6H3;2*1H3;/q;2*-1;. The first-order valence-corrected chi connectivity index (χ1v) is 11.5. The van der Waals surface area contributed by atoms with E-state index in [1.165, 1.54) is 55.5 Å². The van der Waals surface area contributed by atoms with E-state index in [0.717, 1.165) is 0 Å². The summed E-state index contributed by atoms with van der Waals surface area (Å²) in [5.41, 5.74) is 10.8. The maximum Gasteiger partial charge on any atom is 0.0791 e. The van der Waals surface area contributed by atoms with Crippen LogP contribution in [-0.4, -0.2) is 14.1 Å². The first kappa shape index (κ1) is 28.6. The third kappa shape index (κ3) is 4.53. The summed E-state index contributed by atoms with van der Waals surface area (Å²) in [6.45, 7) is 8.91. The van der Waals surface area contributed by atoms with E-state index >= 15 is 0 Å². The molecule has 0 saturated heterocycles. The fourth-order valence-electron chi connectivity index (χ4n) is 6.08. The van der Waals surface area contributed by atoms with Crippen molar-refractivity contribution in [3.63, 3.8) is 0 Å². The van der Waals surface area contributed by atoms with E-state index in [1.54, 1.807) is 0 Å². The number of rotatable bonds is 4. The van der Waals surface area contributed by atoms with Crippen LogP contribution in [0.5, 0.6) is 0 Å². The minimum absolute atomic E-state index is 0. The maximum atomic E-state index is 2.52. The largest absolute Gasteiger partial charge is 0.365 e. The van der Waals surface area contributed by atoms with Crippen LogP contribution in [-0.2, 0) is 20.4 Å². The monoisotopic (exact) mass is 556 g/mol. The van der Waals surface area contributed by atoms with Crippen LogP contribution in [0.25, 0.3) is 10.8 Å². The molecule has 188 valence electrons. The second-order valence-corrected chi connectivity index (χ2v) is 9.38. The average molecular weight is 557 g/mol. The van der Waals surface area contributed by atoms with Gasteiger partial charge < -0.3 is 24.7 Å². The van der Waals surface area contributed by atoms with Crippen LogP contribution in [0.2, 0.25) is 0 Å². The first-order valence-electron chi connectivity index (χ1n) is 11.5. The Morgan fingerprint density at radius 1 is 0.514 bits per heavy atom. The number of hydrogen-bond acceptors (Lipinski definition) is 2. The summed E-state index contributed by atoms with van der Waals surface area (Å²) < 4.78 is 0. The summed E-state index contributed by atoms with van der Waals surface area (Å²) in [5.74, 6) is 0. The second-order valence-electron chi connectivity index (χ2n) is 9.38. The van der Waals surface area contributed by atoms with E-state index in [4.69, 9.17) is 0 Å². The molecular formula is C32H38N2Pd-2. The van der Waals surface area contributed by atoms with Gasteiger partial charge >= 0.3 is 0 Å².